The lowest BCUT2D eigenvalue weighted by Gasteiger charge is -2.13. The van der Waals surface area contributed by atoms with E-state index in [0.29, 0.717) is 6.54 Å². The minimum absolute atomic E-state index is 0.177. The van der Waals surface area contributed by atoms with Gasteiger partial charge in [-0.3, -0.25) is 10.1 Å². The van der Waals surface area contributed by atoms with Crippen molar-refractivity contribution >= 4 is 11.4 Å². The molecule has 0 saturated carbocycles. The molecule has 0 heterocycles. The van der Waals surface area contributed by atoms with E-state index in [0.717, 1.165) is 29.7 Å². The van der Waals surface area contributed by atoms with Crippen LogP contribution in [0.2, 0.25) is 0 Å². The molecule has 2 aromatic carbocycles. The number of anilines is 1. The summed E-state index contributed by atoms with van der Waals surface area (Å²) in [6.45, 7) is 4.54. The molecule has 1 N–H and O–H groups in total. The molecule has 0 aliphatic carbocycles. The maximum Gasteiger partial charge on any atom is 0.272 e. The van der Waals surface area contributed by atoms with Crippen LogP contribution >= 0.6 is 0 Å². The van der Waals surface area contributed by atoms with Crippen LogP contribution < -0.4 is 5.32 Å². The number of nitro groups is 1. The van der Waals surface area contributed by atoms with Gasteiger partial charge in [-0.05, 0) is 30.5 Å². The minimum atomic E-state index is -0.330. The molecule has 21 heavy (non-hydrogen) atoms. The highest BCUT2D eigenvalue weighted by atomic mass is 16.6. The largest absolute Gasteiger partial charge is 0.381 e. The molecule has 0 atom stereocenters. The molecule has 0 aliphatic rings. The summed E-state index contributed by atoms with van der Waals surface area (Å²) in [4.78, 5) is 10.6. The maximum atomic E-state index is 11.0. The Morgan fingerprint density at radius 3 is 2.52 bits per heavy atom. The van der Waals surface area contributed by atoms with Gasteiger partial charge < -0.3 is 5.32 Å². The second-order valence-corrected chi connectivity index (χ2v) is 5.08. The Kier molecular flexibility index (Phi) is 4.93. The van der Waals surface area contributed by atoms with Crippen molar-refractivity contribution in [3.05, 3.63) is 69.3 Å². The van der Waals surface area contributed by atoms with Gasteiger partial charge in [0.05, 0.1) is 4.92 Å². The zero-order valence-corrected chi connectivity index (χ0v) is 12.4. The lowest BCUT2D eigenvalue weighted by molar-refractivity contribution is -0.385. The van der Waals surface area contributed by atoms with Crippen LogP contribution in [-0.2, 0) is 13.0 Å². The third-order valence-electron chi connectivity index (χ3n) is 3.62. The predicted octanol–water partition coefficient (Wildman–Crippen LogP) is 4.47. The summed E-state index contributed by atoms with van der Waals surface area (Å²) in [7, 11) is 0. The summed E-state index contributed by atoms with van der Waals surface area (Å²) >= 11 is 0. The van der Waals surface area contributed by atoms with Gasteiger partial charge in [0.15, 0.2) is 0 Å². The summed E-state index contributed by atoms with van der Waals surface area (Å²) in [6, 6.07) is 13.4. The smallest absolute Gasteiger partial charge is 0.272 e. The fourth-order valence-electron chi connectivity index (χ4n) is 2.43. The van der Waals surface area contributed by atoms with Crippen molar-refractivity contribution in [2.24, 2.45) is 0 Å². The molecule has 4 nitrogen and oxygen atoms in total. The van der Waals surface area contributed by atoms with Crippen molar-refractivity contribution in [2.75, 3.05) is 5.32 Å². The molecular formula is C17H20N2O2. The third-order valence-corrected chi connectivity index (χ3v) is 3.62. The van der Waals surface area contributed by atoms with E-state index in [4.69, 9.17) is 0 Å². The van der Waals surface area contributed by atoms with Gasteiger partial charge in [-0.2, -0.15) is 0 Å². The first-order valence-electron chi connectivity index (χ1n) is 7.18. The van der Waals surface area contributed by atoms with Gasteiger partial charge in [0.2, 0.25) is 0 Å². The van der Waals surface area contributed by atoms with Crippen molar-refractivity contribution in [2.45, 2.75) is 33.2 Å². The zero-order valence-electron chi connectivity index (χ0n) is 12.4. The fraction of sp³-hybridized carbons (Fsp3) is 0.294. The molecule has 4 heteroatoms. The lowest BCUT2D eigenvalue weighted by atomic mass is 10.1. The molecule has 0 aliphatic heterocycles. The second kappa shape index (κ2) is 6.88. The van der Waals surface area contributed by atoms with Gasteiger partial charge in [0, 0.05) is 23.9 Å². The molecule has 2 rings (SSSR count). The first-order chi connectivity index (χ1) is 10.1. The molecule has 0 aromatic heterocycles. The first-order valence-corrected chi connectivity index (χ1v) is 7.18. The van der Waals surface area contributed by atoms with Gasteiger partial charge in [0.25, 0.3) is 5.69 Å². The average molecular weight is 284 g/mol. The lowest BCUT2D eigenvalue weighted by Crippen LogP contribution is -2.05. The summed E-state index contributed by atoms with van der Waals surface area (Å²) in [6.07, 6.45) is 2.12. The van der Waals surface area contributed by atoms with Crippen molar-refractivity contribution < 1.29 is 4.92 Å². The minimum Gasteiger partial charge on any atom is -0.381 e. The number of nitro benzene ring substituents is 1. The van der Waals surface area contributed by atoms with Gasteiger partial charge in [0.1, 0.15) is 0 Å². The van der Waals surface area contributed by atoms with Crippen molar-refractivity contribution in [3.8, 4) is 0 Å². The number of hydrogen-bond acceptors (Lipinski definition) is 3. The van der Waals surface area contributed by atoms with Crippen LogP contribution in [0.1, 0.15) is 30.0 Å². The van der Waals surface area contributed by atoms with Gasteiger partial charge in [-0.15, -0.1) is 0 Å². The number of para-hydroxylation sites is 1. The SMILES string of the molecule is CCCc1ccccc1NCc1cccc([N+](=O)[O-])c1C. The molecule has 0 unspecified atom stereocenters. The Balaban J connectivity index is 2.17. The van der Waals surface area contributed by atoms with E-state index in [1.165, 1.54) is 5.56 Å². The number of nitrogens with one attached hydrogen (secondary N) is 1. The highest BCUT2D eigenvalue weighted by molar-refractivity contribution is 5.53. The van der Waals surface area contributed by atoms with Crippen molar-refractivity contribution in [1.29, 1.82) is 0 Å². The van der Waals surface area contributed by atoms with Gasteiger partial charge >= 0.3 is 0 Å². The molecule has 2 aromatic rings. The number of rotatable bonds is 6. The Morgan fingerprint density at radius 2 is 1.81 bits per heavy atom. The van der Waals surface area contributed by atoms with E-state index in [9.17, 15) is 10.1 Å². The molecule has 0 fully saturated rings. The van der Waals surface area contributed by atoms with Crippen LogP contribution in [0.15, 0.2) is 42.5 Å². The van der Waals surface area contributed by atoms with E-state index in [1.54, 1.807) is 19.1 Å². The highest BCUT2D eigenvalue weighted by Gasteiger charge is 2.13. The summed E-state index contributed by atoms with van der Waals surface area (Å²) in [5, 5.41) is 14.4. The Hall–Kier alpha value is -2.36. The van der Waals surface area contributed by atoms with Crippen molar-refractivity contribution in [3.63, 3.8) is 0 Å². The van der Waals surface area contributed by atoms with Crippen LogP contribution in [0.3, 0.4) is 0 Å². The standard InChI is InChI=1S/C17H20N2O2/c1-3-7-14-8-4-5-10-16(14)18-12-15-9-6-11-17(13(15)2)19(20)21/h4-6,8-11,18H,3,7,12H2,1-2H3. The van der Waals surface area contributed by atoms with Gasteiger partial charge in [-0.25, -0.2) is 0 Å². The molecule has 0 spiro atoms. The van der Waals surface area contributed by atoms with Crippen LogP contribution in [0.4, 0.5) is 11.4 Å². The predicted molar refractivity (Wildman–Crippen MR) is 85.6 cm³/mol. The van der Waals surface area contributed by atoms with Gasteiger partial charge in [-0.1, -0.05) is 43.7 Å². The topological polar surface area (TPSA) is 55.2 Å². The zero-order chi connectivity index (χ0) is 15.2. The van der Waals surface area contributed by atoms with E-state index in [1.807, 2.05) is 18.2 Å². The molecule has 0 saturated heterocycles. The second-order valence-electron chi connectivity index (χ2n) is 5.08. The molecule has 0 radical (unpaired) electrons. The van der Waals surface area contributed by atoms with E-state index in [-0.39, 0.29) is 10.6 Å². The molecule has 110 valence electrons. The normalized spacial score (nSPS) is 10.4. The number of benzene rings is 2. The number of hydrogen-bond donors (Lipinski definition) is 1. The van der Waals surface area contributed by atoms with E-state index < -0.39 is 0 Å². The number of aryl methyl sites for hydroxylation is 1. The first kappa shape index (κ1) is 15.0. The molecule has 0 bridgehead atoms. The third kappa shape index (κ3) is 3.60. The Labute approximate surface area is 125 Å². The molecule has 0 amide bonds. The Bertz CT molecular complexity index is 638. The van der Waals surface area contributed by atoms with E-state index in [2.05, 4.69) is 24.4 Å². The molecular weight excluding hydrogens is 264 g/mol. The fourth-order valence-corrected chi connectivity index (χ4v) is 2.43. The van der Waals surface area contributed by atoms with Crippen LogP contribution in [0.25, 0.3) is 0 Å². The Morgan fingerprint density at radius 1 is 1.10 bits per heavy atom. The highest BCUT2D eigenvalue weighted by Crippen LogP contribution is 2.23. The average Bonchev–Trinajstić information content (AvgIpc) is 2.47. The van der Waals surface area contributed by atoms with Crippen LogP contribution in [0.5, 0.6) is 0 Å². The quantitative estimate of drug-likeness (QED) is 0.629. The summed E-state index contributed by atoms with van der Waals surface area (Å²) in [5.74, 6) is 0. The van der Waals surface area contributed by atoms with Crippen molar-refractivity contribution in [1.82, 2.24) is 0 Å². The van der Waals surface area contributed by atoms with Crippen LogP contribution in [-0.4, -0.2) is 4.92 Å². The van der Waals surface area contributed by atoms with Crippen LogP contribution in [0, 0.1) is 17.0 Å². The monoisotopic (exact) mass is 284 g/mol. The number of nitrogens with zero attached hydrogens (tertiary/aromatic N) is 1. The summed E-state index contributed by atoms with van der Waals surface area (Å²) < 4.78 is 0. The maximum absolute atomic E-state index is 11.0. The summed E-state index contributed by atoms with van der Waals surface area (Å²) in [5.41, 5.74) is 4.24. The van der Waals surface area contributed by atoms with E-state index >= 15 is 0 Å².